The Balaban J connectivity index is 4.88. The Morgan fingerprint density at radius 2 is 2.05 bits per heavy atom. The molecule has 0 N–H and O–H groups in total. The fourth-order valence-electron chi connectivity index (χ4n) is 1.04. The first kappa shape index (κ1) is 16.5. The lowest BCUT2D eigenvalue weighted by molar-refractivity contribution is -0.419. The summed E-state index contributed by atoms with van der Waals surface area (Å²) in [5.74, 6) is -0.589. The van der Waals surface area contributed by atoms with E-state index in [4.69, 9.17) is 4.74 Å². The van der Waals surface area contributed by atoms with Crippen LogP contribution in [0.5, 0.6) is 0 Å². The largest absolute Gasteiger partial charge is 0.461 e. The van der Waals surface area contributed by atoms with Gasteiger partial charge in [0.15, 0.2) is 0 Å². The summed E-state index contributed by atoms with van der Waals surface area (Å²) in [5, 5.41) is 10.6. The topological polar surface area (TPSA) is 81.8 Å². The molecule has 0 rings (SSSR count). The van der Waals surface area contributed by atoms with Crippen molar-refractivity contribution in [1.29, 1.82) is 0 Å². The van der Waals surface area contributed by atoms with Gasteiger partial charge in [0.05, 0.1) is 11.5 Å². The van der Waals surface area contributed by atoms with Crippen LogP contribution < -0.4 is 0 Å². The van der Waals surface area contributed by atoms with Crippen LogP contribution >= 0.6 is 0 Å². The fraction of sp³-hybridized carbons (Fsp3) is 0.231. The van der Waals surface area contributed by atoms with Gasteiger partial charge in [-0.2, -0.15) is 0 Å². The molecule has 0 aromatic heterocycles. The highest BCUT2D eigenvalue weighted by atomic mass is 16.6. The van der Waals surface area contributed by atoms with Gasteiger partial charge in [0.1, 0.15) is 5.70 Å². The summed E-state index contributed by atoms with van der Waals surface area (Å²) in [6, 6.07) is 0. The maximum Gasteiger partial charge on any atom is 0.356 e. The van der Waals surface area contributed by atoms with Crippen molar-refractivity contribution in [1.82, 2.24) is 0 Å². The summed E-state index contributed by atoms with van der Waals surface area (Å²) in [7, 11) is 0. The Labute approximate surface area is 111 Å². The Hall–Kier alpha value is -2.50. The molecule has 0 spiro atoms. The Kier molecular flexibility index (Phi) is 8.27. The van der Waals surface area contributed by atoms with Crippen LogP contribution in [-0.2, 0) is 9.53 Å². The quantitative estimate of drug-likeness (QED) is 0.176. The molecule has 0 heterocycles. The van der Waals surface area contributed by atoms with Gasteiger partial charge in [-0.15, -0.1) is 0 Å². The summed E-state index contributed by atoms with van der Waals surface area (Å²) >= 11 is 0. The molecule has 0 atom stereocenters. The zero-order valence-electron chi connectivity index (χ0n) is 10.9. The highest BCUT2D eigenvalue weighted by molar-refractivity contribution is 5.89. The third kappa shape index (κ3) is 6.72. The van der Waals surface area contributed by atoms with Crippen molar-refractivity contribution in [2.45, 2.75) is 13.8 Å². The van der Waals surface area contributed by atoms with Crippen molar-refractivity contribution < 1.29 is 14.5 Å². The first-order valence-electron chi connectivity index (χ1n) is 5.56. The smallest absolute Gasteiger partial charge is 0.356 e. The molecule has 0 saturated heterocycles. The lowest BCUT2D eigenvalue weighted by Gasteiger charge is -1.99. The number of rotatable bonds is 7. The lowest BCUT2D eigenvalue weighted by atomic mass is 10.3. The van der Waals surface area contributed by atoms with Gasteiger partial charge in [-0.25, -0.2) is 4.79 Å². The maximum absolute atomic E-state index is 11.3. The van der Waals surface area contributed by atoms with Crippen molar-refractivity contribution in [2.75, 3.05) is 6.61 Å². The highest BCUT2D eigenvalue weighted by Gasteiger charge is 2.06. The first-order chi connectivity index (χ1) is 9.06. The number of carbonyl (C=O) groups is 1. The SMILES string of the molecule is C=N\C(=C/C=C/C=C(\C=C/C)[N+](=O)[O-])C(=O)OCC. The number of aliphatic imine (C=N–C) groups is 1. The molecule has 6 nitrogen and oxygen atoms in total. The number of allylic oxidation sites excluding steroid dienone is 6. The number of nitro groups is 1. The van der Waals surface area contributed by atoms with Gasteiger partial charge in [0.2, 0.25) is 0 Å². The van der Waals surface area contributed by atoms with E-state index in [1.54, 1.807) is 19.9 Å². The van der Waals surface area contributed by atoms with E-state index in [-0.39, 0.29) is 18.0 Å². The molecule has 0 radical (unpaired) electrons. The number of hydrogen-bond donors (Lipinski definition) is 0. The van der Waals surface area contributed by atoms with Gasteiger partial charge in [0.25, 0.3) is 5.70 Å². The Morgan fingerprint density at radius 1 is 1.42 bits per heavy atom. The number of nitrogens with zero attached hydrogens (tertiary/aromatic N) is 2. The Morgan fingerprint density at radius 3 is 2.53 bits per heavy atom. The standard InChI is InChI=1S/C13H16N2O4/c1-4-8-11(15(17)18)9-6-7-10-12(14-3)13(16)19-5-2/h4,6-10H,3,5H2,1-2H3/b7-6+,8-4-,11-9+,12-10-. The van der Waals surface area contributed by atoms with Crippen molar-refractivity contribution in [3.63, 3.8) is 0 Å². The minimum atomic E-state index is -0.589. The van der Waals surface area contributed by atoms with Crippen LogP contribution in [-0.4, -0.2) is 24.2 Å². The number of ether oxygens (including phenoxy) is 1. The normalized spacial score (nSPS) is 12.9. The molecule has 0 aliphatic carbocycles. The van der Waals surface area contributed by atoms with E-state index in [1.165, 1.54) is 30.4 Å². The van der Waals surface area contributed by atoms with Crippen molar-refractivity contribution in [2.24, 2.45) is 4.99 Å². The van der Waals surface area contributed by atoms with Crippen LogP contribution in [0.2, 0.25) is 0 Å². The van der Waals surface area contributed by atoms with E-state index in [1.807, 2.05) is 0 Å². The first-order valence-corrected chi connectivity index (χ1v) is 5.56. The number of carbonyl (C=O) groups excluding carboxylic acids is 1. The van der Waals surface area contributed by atoms with E-state index in [2.05, 4.69) is 11.7 Å². The summed E-state index contributed by atoms with van der Waals surface area (Å²) in [6.07, 6.45) is 8.49. The Bertz CT molecular complexity index is 459. The van der Waals surface area contributed by atoms with Crippen LogP contribution in [0.15, 0.2) is 52.8 Å². The minimum Gasteiger partial charge on any atom is -0.461 e. The molecule has 0 bridgehead atoms. The molecule has 0 aromatic rings. The monoisotopic (exact) mass is 264 g/mol. The predicted octanol–water partition coefficient (Wildman–Crippen LogP) is 2.43. The molecule has 19 heavy (non-hydrogen) atoms. The van der Waals surface area contributed by atoms with Gasteiger partial charge in [-0.1, -0.05) is 18.2 Å². The average molecular weight is 264 g/mol. The van der Waals surface area contributed by atoms with E-state index in [9.17, 15) is 14.9 Å². The molecular weight excluding hydrogens is 248 g/mol. The highest BCUT2D eigenvalue weighted by Crippen LogP contribution is 2.02. The van der Waals surface area contributed by atoms with E-state index >= 15 is 0 Å². The summed E-state index contributed by atoms with van der Waals surface area (Å²) in [6.45, 7) is 6.85. The second-order valence-corrected chi connectivity index (χ2v) is 3.16. The van der Waals surface area contributed by atoms with E-state index in [0.29, 0.717) is 0 Å². The van der Waals surface area contributed by atoms with Crippen LogP contribution in [0, 0.1) is 10.1 Å². The van der Waals surface area contributed by atoms with Crippen LogP contribution in [0.4, 0.5) is 0 Å². The van der Waals surface area contributed by atoms with Gasteiger partial charge in [-0.05, 0) is 26.6 Å². The summed E-state index contributed by atoms with van der Waals surface area (Å²) in [5.41, 5.74) is -0.0171. The molecule has 6 heteroatoms. The molecular formula is C13H16N2O4. The third-order valence-electron chi connectivity index (χ3n) is 1.84. The molecule has 0 saturated carbocycles. The summed E-state index contributed by atoms with van der Waals surface area (Å²) < 4.78 is 4.74. The molecule has 0 aliphatic rings. The molecule has 0 unspecified atom stereocenters. The number of esters is 1. The van der Waals surface area contributed by atoms with Crippen LogP contribution in [0.25, 0.3) is 0 Å². The van der Waals surface area contributed by atoms with E-state index in [0.717, 1.165) is 0 Å². The average Bonchev–Trinajstić information content (AvgIpc) is 2.37. The zero-order chi connectivity index (χ0) is 14.7. The van der Waals surface area contributed by atoms with Gasteiger partial charge < -0.3 is 4.74 Å². The van der Waals surface area contributed by atoms with E-state index < -0.39 is 10.9 Å². The van der Waals surface area contributed by atoms with Gasteiger partial charge in [-0.3, -0.25) is 15.1 Å². The van der Waals surface area contributed by atoms with Gasteiger partial charge >= 0.3 is 5.97 Å². The van der Waals surface area contributed by atoms with Gasteiger partial charge in [0, 0.05) is 12.2 Å². The van der Waals surface area contributed by atoms with Crippen molar-refractivity contribution >= 4 is 12.7 Å². The zero-order valence-corrected chi connectivity index (χ0v) is 10.9. The maximum atomic E-state index is 11.3. The predicted molar refractivity (Wildman–Crippen MR) is 73.3 cm³/mol. The second-order valence-electron chi connectivity index (χ2n) is 3.16. The number of hydrogen-bond acceptors (Lipinski definition) is 5. The molecule has 0 aliphatic heterocycles. The van der Waals surface area contributed by atoms with Crippen LogP contribution in [0.3, 0.4) is 0 Å². The van der Waals surface area contributed by atoms with Crippen molar-refractivity contribution in [3.8, 4) is 0 Å². The lowest BCUT2D eigenvalue weighted by Crippen LogP contribution is -2.05. The van der Waals surface area contributed by atoms with Crippen molar-refractivity contribution in [3.05, 3.63) is 58.0 Å². The molecule has 102 valence electrons. The third-order valence-corrected chi connectivity index (χ3v) is 1.84. The summed E-state index contributed by atoms with van der Waals surface area (Å²) in [4.78, 5) is 24.9. The second kappa shape index (κ2) is 9.52. The molecule has 0 amide bonds. The molecule has 0 fully saturated rings. The van der Waals surface area contributed by atoms with Crippen LogP contribution in [0.1, 0.15) is 13.8 Å². The molecule has 0 aromatic carbocycles. The fourth-order valence-corrected chi connectivity index (χ4v) is 1.04. The minimum absolute atomic E-state index is 0.0418.